The van der Waals surface area contributed by atoms with Crippen molar-refractivity contribution < 1.29 is 9.21 Å². The van der Waals surface area contributed by atoms with Gasteiger partial charge in [0, 0.05) is 11.3 Å². The van der Waals surface area contributed by atoms with Crippen LogP contribution in [0.1, 0.15) is 10.4 Å². The van der Waals surface area contributed by atoms with Gasteiger partial charge in [-0.1, -0.05) is 54.1 Å². The lowest BCUT2D eigenvalue weighted by atomic mass is 10.1. The summed E-state index contributed by atoms with van der Waals surface area (Å²) in [6.07, 6.45) is 0. The van der Waals surface area contributed by atoms with Gasteiger partial charge in [-0.25, -0.2) is 4.98 Å². The molecule has 156 valence electrons. The molecular formula is C25H16ClN3O2S. The summed E-state index contributed by atoms with van der Waals surface area (Å²) in [5.74, 6) is 0.159. The van der Waals surface area contributed by atoms with Crippen LogP contribution >= 0.6 is 23.8 Å². The SMILES string of the molecule is O=C(NC(=S)Nc1ccc2oc(-c3ccc4ccccc4c3)nc2c1)c1ccccc1Cl. The lowest BCUT2D eigenvalue weighted by Crippen LogP contribution is -2.34. The number of amides is 1. The second-order valence-corrected chi connectivity index (χ2v) is 7.97. The van der Waals surface area contributed by atoms with Crippen molar-refractivity contribution in [1.29, 1.82) is 0 Å². The zero-order chi connectivity index (χ0) is 22.1. The minimum Gasteiger partial charge on any atom is -0.436 e. The number of aromatic nitrogens is 1. The molecular weight excluding hydrogens is 442 g/mol. The summed E-state index contributed by atoms with van der Waals surface area (Å²) < 4.78 is 5.94. The molecule has 0 bridgehead atoms. The summed E-state index contributed by atoms with van der Waals surface area (Å²) in [4.78, 5) is 17.0. The number of nitrogens with one attached hydrogen (secondary N) is 2. The summed E-state index contributed by atoms with van der Waals surface area (Å²) in [6.45, 7) is 0. The molecule has 0 atom stereocenters. The predicted octanol–water partition coefficient (Wildman–Crippen LogP) is 6.43. The monoisotopic (exact) mass is 457 g/mol. The number of carbonyl (C=O) groups is 1. The molecule has 7 heteroatoms. The first-order chi connectivity index (χ1) is 15.6. The lowest BCUT2D eigenvalue weighted by Gasteiger charge is -2.10. The van der Waals surface area contributed by atoms with Crippen molar-refractivity contribution in [2.75, 3.05) is 5.32 Å². The average Bonchev–Trinajstić information content (AvgIpc) is 3.22. The van der Waals surface area contributed by atoms with Gasteiger partial charge in [0.2, 0.25) is 5.89 Å². The number of benzene rings is 4. The quantitative estimate of drug-likeness (QED) is 0.306. The third-order valence-electron chi connectivity index (χ3n) is 4.99. The van der Waals surface area contributed by atoms with E-state index in [1.165, 1.54) is 0 Å². The van der Waals surface area contributed by atoms with E-state index >= 15 is 0 Å². The molecule has 5 rings (SSSR count). The van der Waals surface area contributed by atoms with Crippen LogP contribution in [0.25, 0.3) is 33.3 Å². The number of nitrogens with zero attached hydrogens (tertiary/aromatic N) is 1. The van der Waals surface area contributed by atoms with E-state index in [0.29, 0.717) is 33.3 Å². The summed E-state index contributed by atoms with van der Waals surface area (Å²) >= 11 is 11.3. The van der Waals surface area contributed by atoms with Crippen molar-refractivity contribution in [2.24, 2.45) is 0 Å². The highest BCUT2D eigenvalue weighted by molar-refractivity contribution is 7.80. The number of hydrogen-bond acceptors (Lipinski definition) is 4. The van der Waals surface area contributed by atoms with Gasteiger partial charge in [-0.3, -0.25) is 10.1 Å². The van der Waals surface area contributed by atoms with Crippen LogP contribution < -0.4 is 10.6 Å². The summed E-state index contributed by atoms with van der Waals surface area (Å²) in [6, 6.07) is 26.5. The molecule has 0 aliphatic carbocycles. The van der Waals surface area contributed by atoms with E-state index in [9.17, 15) is 4.79 Å². The third kappa shape index (κ3) is 4.06. The minimum absolute atomic E-state index is 0.160. The number of anilines is 1. The lowest BCUT2D eigenvalue weighted by molar-refractivity contribution is 0.0978. The van der Waals surface area contributed by atoms with E-state index in [1.54, 1.807) is 24.3 Å². The fourth-order valence-corrected chi connectivity index (χ4v) is 3.86. The van der Waals surface area contributed by atoms with E-state index in [0.717, 1.165) is 16.3 Å². The van der Waals surface area contributed by atoms with Crippen LogP contribution in [0.3, 0.4) is 0 Å². The molecule has 0 aliphatic heterocycles. The molecule has 0 radical (unpaired) electrons. The van der Waals surface area contributed by atoms with E-state index in [-0.39, 0.29) is 11.0 Å². The van der Waals surface area contributed by atoms with Gasteiger partial charge >= 0.3 is 0 Å². The number of halogens is 1. The molecule has 1 heterocycles. The molecule has 0 saturated carbocycles. The van der Waals surface area contributed by atoms with Gasteiger partial charge in [0.1, 0.15) is 5.52 Å². The number of carbonyl (C=O) groups excluding carboxylic acids is 1. The Morgan fingerprint density at radius 2 is 1.69 bits per heavy atom. The van der Waals surface area contributed by atoms with Crippen LogP contribution in [0.4, 0.5) is 5.69 Å². The van der Waals surface area contributed by atoms with Gasteiger partial charge < -0.3 is 9.73 Å². The number of fused-ring (bicyclic) bond motifs is 2. The number of hydrogen-bond donors (Lipinski definition) is 2. The van der Waals surface area contributed by atoms with Gasteiger partial charge in [-0.2, -0.15) is 0 Å². The number of rotatable bonds is 3. The Kier molecular flexibility index (Phi) is 5.31. The molecule has 0 spiro atoms. The Bertz CT molecular complexity index is 1500. The van der Waals surface area contributed by atoms with Crippen molar-refractivity contribution in [3.05, 3.63) is 95.5 Å². The number of oxazole rings is 1. The average molecular weight is 458 g/mol. The highest BCUT2D eigenvalue weighted by Gasteiger charge is 2.13. The second kappa shape index (κ2) is 8.42. The molecule has 0 fully saturated rings. The zero-order valence-corrected chi connectivity index (χ0v) is 18.2. The molecule has 32 heavy (non-hydrogen) atoms. The van der Waals surface area contributed by atoms with Crippen molar-refractivity contribution in [3.8, 4) is 11.5 Å². The van der Waals surface area contributed by atoms with Crippen LogP contribution in [-0.4, -0.2) is 16.0 Å². The third-order valence-corrected chi connectivity index (χ3v) is 5.52. The summed E-state index contributed by atoms with van der Waals surface area (Å²) in [5, 5.41) is 8.43. The Morgan fingerprint density at radius 1 is 0.906 bits per heavy atom. The molecule has 1 amide bonds. The minimum atomic E-state index is -0.380. The fraction of sp³-hybridized carbons (Fsp3) is 0. The maximum Gasteiger partial charge on any atom is 0.258 e. The highest BCUT2D eigenvalue weighted by atomic mass is 35.5. The Labute approximate surface area is 194 Å². The van der Waals surface area contributed by atoms with Crippen LogP contribution in [-0.2, 0) is 0 Å². The molecule has 5 nitrogen and oxygen atoms in total. The standard InChI is InChI=1S/C25H16ClN3O2S/c26-20-8-4-3-7-19(20)23(30)29-25(32)27-18-11-12-22-21(14-18)28-24(31-22)17-10-9-15-5-1-2-6-16(15)13-17/h1-14H,(H2,27,29,30,32). The molecule has 0 unspecified atom stereocenters. The van der Waals surface area contributed by atoms with Gasteiger partial charge in [0.25, 0.3) is 5.91 Å². The topological polar surface area (TPSA) is 67.2 Å². The Balaban J connectivity index is 1.35. The van der Waals surface area contributed by atoms with Crippen LogP contribution in [0.15, 0.2) is 89.3 Å². The first-order valence-corrected chi connectivity index (χ1v) is 10.6. The van der Waals surface area contributed by atoms with Gasteiger partial charge in [-0.15, -0.1) is 0 Å². The summed E-state index contributed by atoms with van der Waals surface area (Å²) in [7, 11) is 0. The van der Waals surface area contributed by atoms with Crippen molar-refractivity contribution in [3.63, 3.8) is 0 Å². The van der Waals surface area contributed by atoms with Crippen molar-refractivity contribution >= 4 is 62.4 Å². The molecule has 0 aliphatic rings. The van der Waals surface area contributed by atoms with Crippen LogP contribution in [0, 0.1) is 0 Å². The van der Waals surface area contributed by atoms with Gasteiger partial charge in [-0.05, 0) is 65.5 Å². The maximum absolute atomic E-state index is 12.4. The highest BCUT2D eigenvalue weighted by Crippen LogP contribution is 2.28. The first kappa shape index (κ1) is 20.2. The molecule has 5 aromatic rings. The predicted molar refractivity (Wildman–Crippen MR) is 132 cm³/mol. The van der Waals surface area contributed by atoms with Crippen molar-refractivity contribution in [2.45, 2.75) is 0 Å². The van der Waals surface area contributed by atoms with Crippen LogP contribution in [0.2, 0.25) is 5.02 Å². The molecule has 4 aromatic carbocycles. The van der Waals surface area contributed by atoms with E-state index < -0.39 is 0 Å². The Hall–Kier alpha value is -3.74. The van der Waals surface area contributed by atoms with E-state index in [2.05, 4.69) is 33.8 Å². The fourth-order valence-electron chi connectivity index (χ4n) is 3.43. The number of thiocarbonyl (C=S) groups is 1. The Morgan fingerprint density at radius 3 is 2.53 bits per heavy atom. The van der Waals surface area contributed by atoms with Crippen LogP contribution in [0.5, 0.6) is 0 Å². The van der Waals surface area contributed by atoms with Gasteiger partial charge in [0.15, 0.2) is 10.7 Å². The second-order valence-electron chi connectivity index (χ2n) is 7.15. The molecule has 2 N–H and O–H groups in total. The maximum atomic E-state index is 12.4. The van der Waals surface area contributed by atoms with Crippen molar-refractivity contribution in [1.82, 2.24) is 10.3 Å². The molecule has 1 aromatic heterocycles. The first-order valence-electron chi connectivity index (χ1n) is 9.83. The largest absolute Gasteiger partial charge is 0.436 e. The zero-order valence-electron chi connectivity index (χ0n) is 16.6. The smallest absolute Gasteiger partial charge is 0.258 e. The van der Waals surface area contributed by atoms with E-state index in [4.69, 9.17) is 28.2 Å². The molecule has 0 saturated heterocycles. The normalized spacial score (nSPS) is 10.9. The van der Waals surface area contributed by atoms with Gasteiger partial charge in [0.05, 0.1) is 10.6 Å². The van der Waals surface area contributed by atoms with E-state index in [1.807, 2.05) is 42.5 Å². The summed E-state index contributed by atoms with van der Waals surface area (Å²) in [5.41, 5.74) is 3.27.